The van der Waals surface area contributed by atoms with Crippen LogP contribution in [-0.2, 0) is 6.54 Å². The summed E-state index contributed by atoms with van der Waals surface area (Å²) in [6, 6.07) is 3.23. The van der Waals surface area contributed by atoms with E-state index in [0.717, 1.165) is 10.8 Å². The van der Waals surface area contributed by atoms with Gasteiger partial charge in [-0.3, -0.25) is 24.5 Å². The molecule has 0 fully saturated rings. The highest BCUT2D eigenvalue weighted by molar-refractivity contribution is 6.31. The molecule has 0 aliphatic rings. The lowest BCUT2D eigenvalue weighted by atomic mass is 10.3. The Labute approximate surface area is 122 Å². The van der Waals surface area contributed by atoms with E-state index in [0.29, 0.717) is 16.5 Å². The van der Waals surface area contributed by atoms with E-state index in [1.807, 2.05) is 4.98 Å². The number of halogens is 1. The van der Waals surface area contributed by atoms with Gasteiger partial charge in [-0.25, -0.2) is 9.78 Å². The quantitative estimate of drug-likeness (QED) is 0.629. The van der Waals surface area contributed by atoms with Crippen molar-refractivity contribution in [3.63, 3.8) is 0 Å². The SMILES string of the molecule is CNc1ccc(Cl)c(Cn2cc([N+](=O)[O-])c(=O)[nH]c2=O)n1. The van der Waals surface area contributed by atoms with Gasteiger partial charge in [-0.1, -0.05) is 11.6 Å². The molecule has 9 nitrogen and oxygen atoms in total. The normalized spacial score (nSPS) is 10.4. The molecule has 2 heterocycles. The van der Waals surface area contributed by atoms with Crippen LogP contribution >= 0.6 is 11.6 Å². The van der Waals surface area contributed by atoms with E-state index in [-0.39, 0.29) is 6.54 Å². The fourth-order valence-electron chi connectivity index (χ4n) is 1.64. The van der Waals surface area contributed by atoms with E-state index >= 15 is 0 Å². The molecule has 0 saturated heterocycles. The largest absolute Gasteiger partial charge is 0.373 e. The average Bonchev–Trinajstić information content (AvgIpc) is 2.43. The number of H-pyrrole nitrogens is 1. The van der Waals surface area contributed by atoms with Crippen molar-refractivity contribution < 1.29 is 4.92 Å². The topological polar surface area (TPSA) is 123 Å². The number of anilines is 1. The molecule has 0 unspecified atom stereocenters. The molecule has 0 amide bonds. The van der Waals surface area contributed by atoms with Crippen molar-refractivity contribution in [2.75, 3.05) is 12.4 Å². The third-order valence-corrected chi connectivity index (χ3v) is 3.03. The van der Waals surface area contributed by atoms with Crippen molar-refractivity contribution >= 4 is 23.1 Å². The number of nitrogens with zero attached hydrogens (tertiary/aromatic N) is 3. The van der Waals surface area contributed by atoms with E-state index in [1.165, 1.54) is 0 Å². The number of hydrogen-bond donors (Lipinski definition) is 2. The second-order valence-electron chi connectivity index (χ2n) is 4.03. The molecular formula is C11H10ClN5O4. The van der Waals surface area contributed by atoms with Crippen LogP contribution in [0.3, 0.4) is 0 Å². The maximum absolute atomic E-state index is 11.7. The predicted molar refractivity (Wildman–Crippen MR) is 75.9 cm³/mol. The van der Waals surface area contributed by atoms with Crippen LogP contribution in [0.15, 0.2) is 27.9 Å². The molecule has 10 heteroatoms. The zero-order valence-electron chi connectivity index (χ0n) is 10.8. The van der Waals surface area contributed by atoms with Gasteiger partial charge in [-0.2, -0.15) is 0 Å². The molecule has 0 aromatic carbocycles. The summed E-state index contributed by atoms with van der Waals surface area (Å²) in [4.78, 5) is 38.9. The molecule has 0 aliphatic carbocycles. The Kier molecular flexibility index (Phi) is 4.03. The van der Waals surface area contributed by atoms with Gasteiger partial charge in [0, 0.05) is 7.05 Å². The van der Waals surface area contributed by atoms with Crippen molar-refractivity contribution in [2.24, 2.45) is 0 Å². The van der Waals surface area contributed by atoms with Gasteiger partial charge in [0.2, 0.25) is 0 Å². The highest BCUT2D eigenvalue weighted by Crippen LogP contribution is 2.17. The summed E-state index contributed by atoms with van der Waals surface area (Å²) in [5.41, 5.74) is -2.22. The first-order chi connectivity index (χ1) is 9.92. The lowest BCUT2D eigenvalue weighted by Crippen LogP contribution is -2.31. The second kappa shape index (κ2) is 5.75. The van der Waals surface area contributed by atoms with Crippen molar-refractivity contribution in [3.05, 3.63) is 60.0 Å². The number of aromatic nitrogens is 3. The van der Waals surface area contributed by atoms with E-state index < -0.39 is 21.9 Å². The van der Waals surface area contributed by atoms with Crippen LogP contribution in [-0.4, -0.2) is 26.5 Å². The Morgan fingerprint density at radius 1 is 1.48 bits per heavy atom. The minimum absolute atomic E-state index is 0.106. The van der Waals surface area contributed by atoms with Gasteiger partial charge in [0.05, 0.1) is 28.4 Å². The number of nitro groups is 1. The van der Waals surface area contributed by atoms with E-state index in [9.17, 15) is 19.7 Å². The molecule has 0 atom stereocenters. The van der Waals surface area contributed by atoms with Crippen molar-refractivity contribution in [1.29, 1.82) is 0 Å². The van der Waals surface area contributed by atoms with Crippen LogP contribution in [0.4, 0.5) is 11.5 Å². The zero-order chi connectivity index (χ0) is 15.6. The molecule has 0 saturated carbocycles. The highest BCUT2D eigenvalue weighted by atomic mass is 35.5. The van der Waals surface area contributed by atoms with Gasteiger partial charge in [0.1, 0.15) is 5.82 Å². The molecule has 0 aliphatic heterocycles. The standard InChI is InChI=1S/C11H10ClN5O4/c1-13-9-3-2-6(12)7(14-9)4-16-5-8(17(20)21)10(18)15-11(16)19/h2-3,5H,4H2,1H3,(H,13,14)(H,15,18,19). The van der Waals surface area contributed by atoms with E-state index in [2.05, 4.69) is 10.3 Å². The summed E-state index contributed by atoms with van der Waals surface area (Å²) in [6.45, 7) is -0.106. The van der Waals surface area contributed by atoms with Gasteiger partial charge < -0.3 is 5.32 Å². The molecule has 0 bridgehead atoms. The monoisotopic (exact) mass is 311 g/mol. The Bertz CT molecular complexity index is 813. The molecule has 110 valence electrons. The average molecular weight is 312 g/mol. The molecule has 2 N–H and O–H groups in total. The molecule has 2 aromatic rings. The van der Waals surface area contributed by atoms with E-state index in [1.54, 1.807) is 19.2 Å². The molecule has 21 heavy (non-hydrogen) atoms. The summed E-state index contributed by atoms with van der Waals surface area (Å²) < 4.78 is 0.965. The van der Waals surface area contributed by atoms with Crippen LogP contribution in [0, 0.1) is 10.1 Å². The lowest BCUT2D eigenvalue weighted by molar-refractivity contribution is -0.386. The molecule has 2 aromatic heterocycles. The second-order valence-corrected chi connectivity index (χ2v) is 4.44. The Hall–Kier alpha value is -2.68. The van der Waals surface area contributed by atoms with E-state index in [4.69, 9.17) is 11.6 Å². The van der Waals surface area contributed by atoms with Gasteiger partial charge in [0.25, 0.3) is 0 Å². The molecular weight excluding hydrogens is 302 g/mol. The predicted octanol–water partition coefficient (Wildman–Crippen LogP) is 0.583. The Morgan fingerprint density at radius 3 is 2.81 bits per heavy atom. The summed E-state index contributed by atoms with van der Waals surface area (Å²) in [7, 11) is 1.66. The van der Waals surface area contributed by atoms with Crippen molar-refractivity contribution in [3.8, 4) is 0 Å². The number of aromatic amines is 1. The highest BCUT2D eigenvalue weighted by Gasteiger charge is 2.16. The summed E-state index contributed by atoms with van der Waals surface area (Å²) in [6.07, 6.45) is 0.866. The molecule has 0 spiro atoms. The smallest absolute Gasteiger partial charge is 0.350 e. The summed E-state index contributed by atoms with van der Waals surface area (Å²) in [5, 5.41) is 13.8. The number of nitrogens with one attached hydrogen (secondary N) is 2. The minimum Gasteiger partial charge on any atom is -0.373 e. The third kappa shape index (κ3) is 3.08. The Morgan fingerprint density at radius 2 is 2.19 bits per heavy atom. The number of hydrogen-bond acceptors (Lipinski definition) is 6. The van der Waals surface area contributed by atoms with Gasteiger partial charge >= 0.3 is 16.9 Å². The lowest BCUT2D eigenvalue weighted by Gasteiger charge is -2.08. The van der Waals surface area contributed by atoms with Gasteiger partial charge in [0.15, 0.2) is 0 Å². The van der Waals surface area contributed by atoms with Crippen molar-refractivity contribution in [1.82, 2.24) is 14.5 Å². The van der Waals surface area contributed by atoms with Crippen LogP contribution in [0.5, 0.6) is 0 Å². The first-order valence-corrected chi connectivity index (χ1v) is 6.11. The maximum Gasteiger partial charge on any atom is 0.350 e. The third-order valence-electron chi connectivity index (χ3n) is 2.68. The molecule has 2 rings (SSSR count). The minimum atomic E-state index is -1.05. The van der Waals surface area contributed by atoms with Gasteiger partial charge in [-0.05, 0) is 12.1 Å². The summed E-state index contributed by atoms with van der Waals surface area (Å²) in [5.74, 6) is 0.529. The fraction of sp³-hybridized carbons (Fsp3) is 0.182. The van der Waals surface area contributed by atoms with Crippen LogP contribution in [0.2, 0.25) is 5.02 Å². The summed E-state index contributed by atoms with van der Waals surface area (Å²) >= 11 is 5.98. The number of pyridine rings is 1. The maximum atomic E-state index is 11.7. The zero-order valence-corrected chi connectivity index (χ0v) is 11.5. The van der Waals surface area contributed by atoms with Crippen LogP contribution in [0.1, 0.15) is 5.69 Å². The number of rotatable bonds is 4. The van der Waals surface area contributed by atoms with Crippen molar-refractivity contribution in [2.45, 2.75) is 6.54 Å². The first-order valence-electron chi connectivity index (χ1n) is 5.73. The van der Waals surface area contributed by atoms with Crippen LogP contribution in [0.25, 0.3) is 0 Å². The first kappa shape index (κ1) is 14.7. The molecule has 0 radical (unpaired) electrons. The van der Waals surface area contributed by atoms with Crippen LogP contribution < -0.4 is 16.6 Å². The fourth-order valence-corrected chi connectivity index (χ4v) is 1.81. The van der Waals surface area contributed by atoms with Gasteiger partial charge in [-0.15, -0.1) is 0 Å². The Balaban J connectivity index is 2.49.